The number of piperazine rings is 1. The number of pyridine rings is 1. The highest BCUT2D eigenvalue weighted by Crippen LogP contribution is 2.14. The second kappa shape index (κ2) is 10.8. The predicted octanol–water partition coefficient (Wildman–Crippen LogP) is 2.79. The fourth-order valence-corrected chi connectivity index (χ4v) is 3.51. The van der Waals surface area contributed by atoms with E-state index in [4.69, 9.17) is 4.99 Å². The lowest BCUT2D eigenvalue weighted by atomic mass is 10.1. The van der Waals surface area contributed by atoms with Crippen LogP contribution < -0.4 is 15.5 Å². The van der Waals surface area contributed by atoms with Crippen LogP contribution in [0.3, 0.4) is 0 Å². The standard InChI is InChI=1S/C23H34N6/c1-4-24-23(26-16-20-8-6-7-19(3)15-20)27-18-21-9-10-22(25-17-21)29-13-11-28(5-2)12-14-29/h6-10,15,17H,4-5,11-14,16,18H2,1-3H3,(H2,24,26,27). The number of nitrogens with one attached hydrogen (secondary N) is 2. The Labute approximate surface area is 175 Å². The van der Waals surface area contributed by atoms with Gasteiger partial charge in [0.2, 0.25) is 0 Å². The van der Waals surface area contributed by atoms with Crippen molar-refractivity contribution < 1.29 is 0 Å². The zero-order valence-corrected chi connectivity index (χ0v) is 18.0. The van der Waals surface area contributed by atoms with Crippen LogP contribution in [0.5, 0.6) is 0 Å². The molecule has 1 saturated heterocycles. The summed E-state index contributed by atoms with van der Waals surface area (Å²) >= 11 is 0. The Hall–Kier alpha value is -2.60. The van der Waals surface area contributed by atoms with Gasteiger partial charge in [-0.05, 0) is 37.6 Å². The number of nitrogens with zero attached hydrogens (tertiary/aromatic N) is 4. The molecule has 6 nitrogen and oxygen atoms in total. The van der Waals surface area contributed by atoms with Crippen LogP contribution in [0.1, 0.15) is 30.5 Å². The van der Waals surface area contributed by atoms with E-state index in [0.717, 1.165) is 63.2 Å². The minimum atomic E-state index is 0.611. The van der Waals surface area contributed by atoms with Crippen molar-refractivity contribution in [2.45, 2.75) is 33.9 Å². The molecule has 0 aliphatic carbocycles. The van der Waals surface area contributed by atoms with E-state index in [1.54, 1.807) is 0 Å². The first-order valence-electron chi connectivity index (χ1n) is 10.7. The molecule has 1 aliphatic rings. The van der Waals surface area contributed by atoms with Crippen molar-refractivity contribution in [3.8, 4) is 0 Å². The van der Waals surface area contributed by atoms with Gasteiger partial charge in [-0.15, -0.1) is 0 Å². The van der Waals surface area contributed by atoms with Gasteiger partial charge in [-0.1, -0.05) is 42.8 Å². The third-order valence-electron chi connectivity index (χ3n) is 5.26. The van der Waals surface area contributed by atoms with E-state index in [0.29, 0.717) is 6.54 Å². The molecule has 0 radical (unpaired) electrons. The summed E-state index contributed by atoms with van der Waals surface area (Å²) in [4.78, 5) is 14.2. The van der Waals surface area contributed by atoms with Gasteiger partial charge in [0, 0.05) is 45.5 Å². The van der Waals surface area contributed by atoms with Crippen LogP contribution in [0.4, 0.5) is 5.82 Å². The Balaban J connectivity index is 1.54. The molecular formula is C23H34N6. The summed E-state index contributed by atoms with van der Waals surface area (Å²) < 4.78 is 0. The molecule has 1 aromatic carbocycles. The van der Waals surface area contributed by atoms with Crippen molar-refractivity contribution >= 4 is 11.8 Å². The normalized spacial score (nSPS) is 15.4. The van der Waals surface area contributed by atoms with E-state index >= 15 is 0 Å². The van der Waals surface area contributed by atoms with Crippen LogP contribution in [0.2, 0.25) is 0 Å². The van der Waals surface area contributed by atoms with Crippen molar-refractivity contribution in [1.82, 2.24) is 20.5 Å². The average Bonchev–Trinajstić information content (AvgIpc) is 2.76. The SMILES string of the molecule is CCNC(=NCc1ccc(N2CCN(CC)CC2)nc1)NCc1cccc(C)c1. The fourth-order valence-electron chi connectivity index (χ4n) is 3.51. The highest BCUT2D eigenvalue weighted by molar-refractivity contribution is 5.79. The molecular weight excluding hydrogens is 360 g/mol. The van der Waals surface area contributed by atoms with Gasteiger partial charge in [0.15, 0.2) is 5.96 Å². The van der Waals surface area contributed by atoms with Crippen LogP contribution in [-0.2, 0) is 13.1 Å². The summed E-state index contributed by atoms with van der Waals surface area (Å²) in [6.07, 6.45) is 1.95. The molecule has 2 N–H and O–H groups in total. The molecule has 1 fully saturated rings. The third kappa shape index (κ3) is 6.46. The summed E-state index contributed by atoms with van der Waals surface area (Å²) in [6, 6.07) is 12.8. The van der Waals surface area contributed by atoms with E-state index in [9.17, 15) is 0 Å². The first-order chi connectivity index (χ1) is 14.2. The minimum Gasteiger partial charge on any atom is -0.357 e. The lowest BCUT2D eigenvalue weighted by Crippen LogP contribution is -2.46. The van der Waals surface area contributed by atoms with Crippen LogP contribution in [0.25, 0.3) is 0 Å². The van der Waals surface area contributed by atoms with E-state index in [1.165, 1.54) is 11.1 Å². The van der Waals surface area contributed by atoms with Gasteiger partial charge in [0.05, 0.1) is 6.54 Å². The van der Waals surface area contributed by atoms with Gasteiger partial charge < -0.3 is 20.4 Å². The maximum atomic E-state index is 4.72. The van der Waals surface area contributed by atoms with E-state index in [1.807, 2.05) is 6.20 Å². The maximum Gasteiger partial charge on any atom is 0.191 e. The highest BCUT2D eigenvalue weighted by atomic mass is 15.3. The average molecular weight is 395 g/mol. The van der Waals surface area contributed by atoms with Crippen LogP contribution >= 0.6 is 0 Å². The zero-order valence-electron chi connectivity index (χ0n) is 18.0. The monoisotopic (exact) mass is 394 g/mol. The van der Waals surface area contributed by atoms with E-state index < -0.39 is 0 Å². The van der Waals surface area contributed by atoms with Gasteiger partial charge in [0.1, 0.15) is 5.82 Å². The third-order valence-corrected chi connectivity index (χ3v) is 5.26. The molecule has 2 aromatic rings. The van der Waals surface area contributed by atoms with Crippen molar-refractivity contribution in [1.29, 1.82) is 0 Å². The summed E-state index contributed by atoms with van der Waals surface area (Å²) in [5.41, 5.74) is 3.65. The number of likely N-dealkylation sites (N-methyl/N-ethyl adjacent to an activating group) is 1. The minimum absolute atomic E-state index is 0.611. The van der Waals surface area contributed by atoms with Gasteiger partial charge in [-0.25, -0.2) is 9.98 Å². The molecule has 1 aromatic heterocycles. The Kier molecular flexibility index (Phi) is 7.87. The number of aryl methyl sites for hydroxylation is 1. The molecule has 0 saturated carbocycles. The number of hydrogen-bond acceptors (Lipinski definition) is 4. The summed E-state index contributed by atoms with van der Waals surface area (Å²) in [5, 5.41) is 6.73. The molecule has 0 bridgehead atoms. The van der Waals surface area contributed by atoms with Crippen molar-refractivity contribution in [3.63, 3.8) is 0 Å². The quantitative estimate of drug-likeness (QED) is 0.559. The molecule has 156 valence electrons. The molecule has 0 atom stereocenters. The number of aromatic nitrogens is 1. The first kappa shape index (κ1) is 21.1. The van der Waals surface area contributed by atoms with Crippen LogP contribution in [-0.4, -0.2) is 55.1 Å². The topological polar surface area (TPSA) is 55.8 Å². The second-order valence-corrected chi connectivity index (χ2v) is 7.48. The van der Waals surface area contributed by atoms with Crippen molar-refractivity contribution in [2.75, 3.05) is 44.2 Å². The predicted molar refractivity (Wildman–Crippen MR) is 121 cm³/mol. The second-order valence-electron chi connectivity index (χ2n) is 7.48. The Morgan fingerprint density at radius 3 is 2.52 bits per heavy atom. The summed E-state index contributed by atoms with van der Waals surface area (Å²) in [7, 11) is 0. The number of anilines is 1. The first-order valence-corrected chi connectivity index (χ1v) is 10.7. The summed E-state index contributed by atoms with van der Waals surface area (Å²) in [5.74, 6) is 1.90. The Morgan fingerprint density at radius 2 is 1.86 bits per heavy atom. The molecule has 6 heteroatoms. The Morgan fingerprint density at radius 1 is 1.03 bits per heavy atom. The molecule has 29 heavy (non-hydrogen) atoms. The van der Waals surface area contributed by atoms with Crippen LogP contribution in [0.15, 0.2) is 47.6 Å². The van der Waals surface area contributed by atoms with Crippen molar-refractivity contribution in [2.24, 2.45) is 4.99 Å². The van der Waals surface area contributed by atoms with Gasteiger partial charge in [-0.3, -0.25) is 0 Å². The zero-order chi connectivity index (χ0) is 20.5. The van der Waals surface area contributed by atoms with Crippen molar-refractivity contribution in [3.05, 3.63) is 59.3 Å². The number of rotatable bonds is 7. The molecule has 0 spiro atoms. The van der Waals surface area contributed by atoms with Crippen LogP contribution in [0, 0.1) is 6.92 Å². The maximum absolute atomic E-state index is 4.72. The molecule has 0 unspecified atom stereocenters. The Bertz CT molecular complexity index is 778. The smallest absolute Gasteiger partial charge is 0.191 e. The van der Waals surface area contributed by atoms with Gasteiger partial charge in [0.25, 0.3) is 0 Å². The lowest BCUT2D eigenvalue weighted by Gasteiger charge is -2.34. The highest BCUT2D eigenvalue weighted by Gasteiger charge is 2.16. The largest absolute Gasteiger partial charge is 0.357 e. The molecule has 1 aliphatic heterocycles. The van der Waals surface area contributed by atoms with Gasteiger partial charge >= 0.3 is 0 Å². The molecule has 2 heterocycles. The number of guanidine groups is 1. The van der Waals surface area contributed by atoms with E-state index in [-0.39, 0.29) is 0 Å². The van der Waals surface area contributed by atoms with E-state index in [2.05, 4.69) is 82.6 Å². The molecule has 3 rings (SSSR count). The fraction of sp³-hybridized carbons (Fsp3) is 0.478. The lowest BCUT2D eigenvalue weighted by molar-refractivity contribution is 0.270. The summed E-state index contributed by atoms with van der Waals surface area (Å²) in [6.45, 7) is 14.1. The van der Waals surface area contributed by atoms with Gasteiger partial charge in [-0.2, -0.15) is 0 Å². The number of benzene rings is 1. The molecule has 0 amide bonds. The number of aliphatic imine (C=N–C) groups is 1. The number of hydrogen-bond donors (Lipinski definition) is 2.